The summed E-state index contributed by atoms with van der Waals surface area (Å²) in [4.78, 5) is 14.1. The summed E-state index contributed by atoms with van der Waals surface area (Å²) in [6.07, 6.45) is 0. The van der Waals surface area contributed by atoms with Crippen LogP contribution in [0.4, 0.5) is 4.39 Å². The van der Waals surface area contributed by atoms with Crippen LogP contribution in [0.2, 0.25) is 5.02 Å². The van der Waals surface area contributed by atoms with Crippen molar-refractivity contribution in [3.05, 3.63) is 69.5 Å². The van der Waals surface area contributed by atoms with E-state index in [1.807, 2.05) is 12.1 Å². The van der Waals surface area contributed by atoms with Gasteiger partial charge in [-0.3, -0.25) is 4.79 Å². The Balaban J connectivity index is 1.87. The first kappa shape index (κ1) is 13.1. The topological polar surface area (TPSA) is 20.3 Å². The van der Waals surface area contributed by atoms with Crippen molar-refractivity contribution in [2.24, 2.45) is 0 Å². The molecule has 4 heteroatoms. The zero-order chi connectivity index (χ0) is 14.3. The molecule has 0 aliphatic carbocycles. The van der Waals surface area contributed by atoms with Crippen LogP contribution < -0.4 is 0 Å². The second-order valence-electron chi connectivity index (χ2n) is 5.04. The Morgan fingerprint density at radius 3 is 2.65 bits per heavy atom. The highest BCUT2D eigenvalue weighted by Gasteiger charge is 2.29. The van der Waals surface area contributed by atoms with Crippen molar-refractivity contribution < 1.29 is 9.18 Å². The van der Waals surface area contributed by atoms with Gasteiger partial charge in [-0.2, -0.15) is 0 Å². The molecule has 1 heterocycles. The van der Waals surface area contributed by atoms with Crippen molar-refractivity contribution in [1.29, 1.82) is 0 Å². The lowest BCUT2D eigenvalue weighted by atomic mass is 10.0. The fourth-order valence-corrected chi connectivity index (χ4v) is 2.74. The summed E-state index contributed by atoms with van der Waals surface area (Å²) in [6, 6.07) is 10.2. The molecule has 0 fully saturated rings. The van der Waals surface area contributed by atoms with Crippen LogP contribution >= 0.6 is 11.6 Å². The minimum Gasteiger partial charge on any atom is -0.330 e. The number of benzene rings is 2. The van der Waals surface area contributed by atoms with Gasteiger partial charge < -0.3 is 4.90 Å². The number of amides is 1. The number of halogens is 2. The highest BCUT2D eigenvalue weighted by molar-refractivity contribution is 6.30. The lowest BCUT2D eigenvalue weighted by Crippen LogP contribution is -2.23. The normalized spacial score (nSPS) is 13.8. The van der Waals surface area contributed by atoms with Gasteiger partial charge in [0.15, 0.2) is 0 Å². The molecule has 2 aromatic carbocycles. The zero-order valence-electron chi connectivity index (χ0n) is 11.0. The Hall–Kier alpha value is -1.87. The van der Waals surface area contributed by atoms with E-state index in [2.05, 4.69) is 0 Å². The van der Waals surface area contributed by atoms with E-state index in [1.165, 1.54) is 12.1 Å². The Morgan fingerprint density at radius 1 is 1.25 bits per heavy atom. The van der Waals surface area contributed by atoms with E-state index in [1.54, 1.807) is 24.0 Å². The first-order valence-corrected chi connectivity index (χ1v) is 6.75. The van der Waals surface area contributed by atoms with Crippen LogP contribution in [0.5, 0.6) is 0 Å². The van der Waals surface area contributed by atoms with E-state index < -0.39 is 0 Å². The number of hydrogen-bond acceptors (Lipinski definition) is 1. The third-order valence-corrected chi connectivity index (χ3v) is 3.78. The van der Waals surface area contributed by atoms with Crippen LogP contribution in [0.25, 0.3) is 0 Å². The van der Waals surface area contributed by atoms with Gasteiger partial charge in [0.25, 0.3) is 5.91 Å². The van der Waals surface area contributed by atoms with Crippen LogP contribution in [0.3, 0.4) is 0 Å². The molecule has 2 nitrogen and oxygen atoms in total. The number of hydrogen-bond donors (Lipinski definition) is 0. The summed E-state index contributed by atoms with van der Waals surface area (Å²) in [5, 5.41) is 0.669. The Kier molecular flexibility index (Phi) is 3.22. The molecular weight excluding hydrogens is 277 g/mol. The highest BCUT2D eigenvalue weighted by atomic mass is 35.5. The quantitative estimate of drug-likeness (QED) is 0.820. The maximum Gasteiger partial charge on any atom is 0.255 e. The molecule has 1 amide bonds. The van der Waals surface area contributed by atoms with Gasteiger partial charge in [-0.25, -0.2) is 4.39 Å². The molecule has 0 radical (unpaired) electrons. The molecule has 0 aromatic heterocycles. The Bertz CT molecular complexity index is 682. The molecule has 0 unspecified atom stereocenters. The number of fused-ring (bicyclic) bond motifs is 1. The standard InChI is InChI=1S/C16H13ClFNO/c1-10-6-14(18)7-12-9-19(16(20)15(10)12)8-11-2-4-13(17)5-3-11/h2-7H,8-9H2,1H3. The summed E-state index contributed by atoms with van der Waals surface area (Å²) in [7, 11) is 0. The first-order valence-electron chi connectivity index (χ1n) is 6.37. The molecular formula is C16H13ClFNO. The first-order chi connectivity index (χ1) is 9.54. The Morgan fingerprint density at radius 2 is 1.95 bits per heavy atom. The van der Waals surface area contributed by atoms with Gasteiger partial charge in [0.1, 0.15) is 5.82 Å². The molecule has 102 valence electrons. The van der Waals surface area contributed by atoms with Gasteiger partial charge in [-0.05, 0) is 47.9 Å². The maximum atomic E-state index is 13.4. The van der Waals surface area contributed by atoms with Crippen LogP contribution in [-0.4, -0.2) is 10.8 Å². The molecule has 0 atom stereocenters. The third kappa shape index (κ3) is 2.29. The third-order valence-electron chi connectivity index (χ3n) is 3.53. The summed E-state index contributed by atoms with van der Waals surface area (Å²) in [5.74, 6) is -0.324. The molecule has 1 aliphatic rings. The van der Waals surface area contributed by atoms with Gasteiger partial charge in [0.05, 0.1) is 0 Å². The van der Waals surface area contributed by atoms with E-state index >= 15 is 0 Å². The van der Waals surface area contributed by atoms with Crippen LogP contribution in [0.1, 0.15) is 27.0 Å². The fourth-order valence-electron chi connectivity index (χ4n) is 2.62. The predicted molar refractivity (Wildman–Crippen MR) is 76.2 cm³/mol. The van der Waals surface area contributed by atoms with Gasteiger partial charge in [0, 0.05) is 23.7 Å². The van der Waals surface area contributed by atoms with Crippen LogP contribution in [0, 0.1) is 12.7 Å². The van der Waals surface area contributed by atoms with E-state index in [4.69, 9.17) is 11.6 Å². The van der Waals surface area contributed by atoms with Crippen molar-refractivity contribution in [3.8, 4) is 0 Å². The molecule has 2 aromatic rings. The van der Waals surface area contributed by atoms with Crippen molar-refractivity contribution in [2.75, 3.05) is 0 Å². The monoisotopic (exact) mass is 289 g/mol. The molecule has 1 aliphatic heterocycles. The second-order valence-corrected chi connectivity index (χ2v) is 5.48. The zero-order valence-corrected chi connectivity index (χ0v) is 11.7. The van der Waals surface area contributed by atoms with Crippen LogP contribution in [-0.2, 0) is 13.1 Å². The number of nitrogens with zero attached hydrogens (tertiary/aromatic N) is 1. The smallest absolute Gasteiger partial charge is 0.255 e. The molecule has 3 rings (SSSR count). The van der Waals surface area contributed by atoms with Crippen molar-refractivity contribution >= 4 is 17.5 Å². The molecule has 0 saturated carbocycles. The van der Waals surface area contributed by atoms with Gasteiger partial charge in [0.2, 0.25) is 0 Å². The van der Waals surface area contributed by atoms with Crippen LogP contribution in [0.15, 0.2) is 36.4 Å². The highest BCUT2D eigenvalue weighted by Crippen LogP contribution is 2.28. The van der Waals surface area contributed by atoms with E-state index in [0.29, 0.717) is 29.2 Å². The molecule has 20 heavy (non-hydrogen) atoms. The summed E-state index contributed by atoms with van der Waals surface area (Å²) in [5.41, 5.74) is 3.11. The summed E-state index contributed by atoms with van der Waals surface area (Å²) in [6.45, 7) is 2.73. The average Bonchev–Trinajstić information content (AvgIpc) is 2.69. The summed E-state index contributed by atoms with van der Waals surface area (Å²) >= 11 is 5.85. The van der Waals surface area contributed by atoms with E-state index in [9.17, 15) is 9.18 Å². The van der Waals surface area contributed by atoms with Gasteiger partial charge in [-0.15, -0.1) is 0 Å². The number of carbonyl (C=O) groups excluding carboxylic acids is 1. The molecule has 0 saturated heterocycles. The number of rotatable bonds is 2. The van der Waals surface area contributed by atoms with E-state index in [-0.39, 0.29) is 11.7 Å². The fraction of sp³-hybridized carbons (Fsp3) is 0.188. The molecule has 0 spiro atoms. The molecule has 0 N–H and O–H groups in total. The Labute approximate surface area is 121 Å². The van der Waals surface area contributed by atoms with E-state index in [0.717, 1.165) is 11.1 Å². The second kappa shape index (κ2) is 4.91. The average molecular weight is 290 g/mol. The number of aryl methyl sites for hydroxylation is 1. The minimum absolute atomic E-state index is 0.0348. The predicted octanol–water partition coefficient (Wildman–Crippen LogP) is 3.94. The number of carbonyl (C=O) groups is 1. The summed E-state index contributed by atoms with van der Waals surface area (Å²) < 4.78 is 13.4. The van der Waals surface area contributed by atoms with Crippen molar-refractivity contribution in [3.63, 3.8) is 0 Å². The maximum absolute atomic E-state index is 13.4. The minimum atomic E-state index is -0.289. The SMILES string of the molecule is Cc1cc(F)cc2c1C(=O)N(Cc1ccc(Cl)cc1)C2. The lowest BCUT2D eigenvalue weighted by molar-refractivity contribution is 0.0766. The lowest BCUT2D eigenvalue weighted by Gasteiger charge is -2.15. The van der Waals surface area contributed by atoms with Crippen molar-refractivity contribution in [1.82, 2.24) is 4.90 Å². The van der Waals surface area contributed by atoms with Crippen molar-refractivity contribution in [2.45, 2.75) is 20.0 Å². The van der Waals surface area contributed by atoms with Gasteiger partial charge in [-0.1, -0.05) is 23.7 Å². The van der Waals surface area contributed by atoms with Gasteiger partial charge >= 0.3 is 0 Å². The largest absolute Gasteiger partial charge is 0.330 e. The molecule has 0 bridgehead atoms.